The third kappa shape index (κ3) is 4.10. The number of imidazole rings is 1. The minimum Gasteiger partial charge on any atom is -0.407 e. The highest BCUT2D eigenvalue weighted by Gasteiger charge is 2.54. The van der Waals surface area contributed by atoms with E-state index in [1.165, 1.54) is 6.33 Å². The number of anilines is 1. The topological polar surface area (TPSA) is 78.9 Å². The van der Waals surface area contributed by atoms with Crippen LogP contribution in [0.15, 0.2) is 73.3 Å². The normalized spacial score (nSPS) is 20.1. The van der Waals surface area contributed by atoms with Crippen molar-refractivity contribution in [3.05, 3.63) is 73.3 Å². The summed E-state index contributed by atoms with van der Waals surface area (Å²) in [5.41, 5.74) is 6.83. The summed E-state index contributed by atoms with van der Waals surface area (Å²) in [5, 5.41) is 1.88. The number of hydrogen-bond donors (Lipinski definition) is 1. The molecule has 1 fully saturated rings. The highest BCUT2D eigenvalue weighted by atomic mass is 28.4. The maximum absolute atomic E-state index is 15.5. The third-order valence-corrected chi connectivity index (χ3v) is 12.4. The van der Waals surface area contributed by atoms with Gasteiger partial charge in [0.15, 0.2) is 11.5 Å². The first kappa shape index (κ1) is 24.5. The fraction of sp³-hybridized carbons (Fsp3) is 0.370. The molecule has 4 aromatic rings. The summed E-state index contributed by atoms with van der Waals surface area (Å²) in [6, 6.07) is 19.7. The quantitative estimate of drug-likeness (QED) is 0.387. The summed E-state index contributed by atoms with van der Waals surface area (Å²) in [6.07, 6.45) is 2.85. The maximum Gasteiger partial charge on any atom is 0.261 e. The fourth-order valence-corrected chi connectivity index (χ4v) is 10.2. The van der Waals surface area contributed by atoms with E-state index >= 15 is 8.78 Å². The molecule has 2 aromatic heterocycles. The molecule has 36 heavy (non-hydrogen) atoms. The van der Waals surface area contributed by atoms with Crippen LogP contribution in [-0.4, -0.2) is 40.4 Å². The number of nitrogens with two attached hydrogens (primary N) is 1. The highest BCUT2D eigenvalue weighted by Crippen LogP contribution is 2.48. The number of nitrogen functional groups attached to an aromatic ring is 1. The molecular weight excluding hydrogens is 476 g/mol. The van der Waals surface area contributed by atoms with Gasteiger partial charge in [0.1, 0.15) is 11.8 Å². The molecule has 2 aromatic carbocycles. The smallest absolute Gasteiger partial charge is 0.261 e. The van der Waals surface area contributed by atoms with Gasteiger partial charge in [0.2, 0.25) is 0 Å². The third-order valence-electron chi connectivity index (χ3n) is 7.36. The Kier molecular flexibility index (Phi) is 6.16. The van der Waals surface area contributed by atoms with E-state index in [0.29, 0.717) is 11.2 Å². The Labute approximate surface area is 210 Å². The number of halogens is 2. The van der Waals surface area contributed by atoms with Crippen molar-refractivity contribution in [2.75, 3.05) is 12.3 Å². The van der Waals surface area contributed by atoms with Gasteiger partial charge in [-0.05, 0) is 21.8 Å². The Hall–Kier alpha value is -3.17. The Morgan fingerprint density at radius 3 is 2.19 bits per heavy atom. The molecule has 2 N–H and O–H groups in total. The number of rotatable bonds is 6. The van der Waals surface area contributed by atoms with Crippen molar-refractivity contribution in [3.8, 4) is 0 Å². The van der Waals surface area contributed by atoms with E-state index in [1.807, 2.05) is 36.4 Å². The van der Waals surface area contributed by atoms with Crippen molar-refractivity contribution < 1.29 is 13.2 Å². The van der Waals surface area contributed by atoms with E-state index in [2.05, 4.69) is 60.0 Å². The Morgan fingerprint density at radius 1 is 1.00 bits per heavy atom. The van der Waals surface area contributed by atoms with Crippen LogP contribution in [0.4, 0.5) is 14.6 Å². The Balaban J connectivity index is 1.48. The van der Waals surface area contributed by atoms with Crippen LogP contribution in [0.5, 0.6) is 0 Å². The highest BCUT2D eigenvalue weighted by molar-refractivity contribution is 6.99. The van der Waals surface area contributed by atoms with Gasteiger partial charge in [0.05, 0.1) is 6.33 Å². The minimum absolute atomic E-state index is 0.0272. The lowest BCUT2D eigenvalue weighted by Crippen LogP contribution is -2.67. The molecule has 6 nitrogen and oxygen atoms in total. The van der Waals surface area contributed by atoms with Crippen molar-refractivity contribution in [1.82, 2.24) is 19.5 Å². The lowest BCUT2D eigenvalue weighted by Gasteiger charge is -2.43. The van der Waals surface area contributed by atoms with Crippen LogP contribution in [0.25, 0.3) is 11.2 Å². The predicted octanol–water partition coefficient (Wildman–Crippen LogP) is 4.57. The van der Waals surface area contributed by atoms with E-state index in [1.54, 1.807) is 10.9 Å². The predicted molar refractivity (Wildman–Crippen MR) is 140 cm³/mol. The molecule has 1 saturated carbocycles. The summed E-state index contributed by atoms with van der Waals surface area (Å²) in [6.45, 7) is 6.42. The number of aromatic nitrogens is 4. The van der Waals surface area contributed by atoms with Gasteiger partial charge < -0.3 is 14.7 Å². The van der Waals surface area contributed by atoms with Crippen LogP contribution in [0.1, 0.15) is 39.7 Å². The maximum atomic E-state index is 15.5. The molecule has 2 atom stereocenters. The Bertz CT molecular complexity index is 1300. The molecule has 188 valence electrons. The summed E-state index contributed by atoms with van der Waals surface area (Å²) in [7, 11) is -2.91. The van der Waals surface area contributed by atoms with Crippen molar-refractivity contribution in [2.45, 2.75) is 50.6 Å². The first-order valence-electron chi connectivity index (χ1n) is 12.2. The van der Waals surface area contributed by atoms with Gasteiger partial charge in [-0.25, -0.2) is 23.7 Å². The molecule has 0 unspecified atom stereocenters. The van der Waals surface area contributed by atoms with E-state index in [-0.39, 0.29) is 30.3 Å². The van der Waals surface area contributed by atoms with Gasteiger partial charge in [0.25, 0.3) is 14.2 Å². The molecule has 9 heteroatoms. The molecule has 0 saturated heterocycles. The van der Waals surface area contributed by atoms with Crippen molar-refractivity contribution in [2.24, 2.45) is 5.92 Å². The van der Waals surface area contributed by atoms with Gasteiger partial charge in [-0.15, -0.1) is 0 Å². The molecule has 2 heterocycles. The number of fused-ring (bicyclic) bond motifs is 1. The molecule has 0 amide bonds. The molecule has 0 bridgehead atoms. The van der Waals surface area contributed by atoms with Crippen molar-refractivity contribution in [1.29, 1.82) is 0 Å². The summed E-state index contributed by atoms with van der Waals surface area (Å²) in [4.78, 5) is 12.5. The molecule has 1 aliphatic carbocycles. The van der Waals surface area contributed by atoms with E-state index < -0.39 is 26.2 Å². The SMILES string of the molecule is CC(C)(C)[Si](OC[C@@H]1C[C@H](n2cnc3c(N)ncnc32)CC1(F)F)(c1ccccc1)c1ccccc1. The van der Waals surface area contributed by atoms with Crippen LogP contribution >= 0.6 is 0 Å². The minimum atomic E-state index is -2.91. The van der Waals surface area contributed by atoms with E-state index in [9.17, 15) is 0 Å². The molecule has 0 aliphatic heterocycles. The van der Waals surface area contributed by atoms with E-state index in [0.717, 1.165) is 10.4 Å². The second-order valence-electron chi connectivity index (χ2n) is 10.6. The number of hydrogen-bond acceptors (Lipinski definition) is 5. The average molecular weight is 508 g/mol. The van der Waals surface area contributed by atoms with Gasteiger partial charge in [-0.3, -0.25) is 0 Å². The molecule has 5 rings (SSSR count). The second-order valence-corrected chi connectivity index (χ2v) is 14.9. The summed E-state index contributed by atoms with van der Waals surface area (Å²) < 4.78 is 39.5. The summed E-state index contributed by atoms with van der Waals surface area (Å²) in [5.74, 6) is -3.57. The first-order chi connectivity index (χ1) is 17.1. The second kappa shape index (κ2) is 9.04. The Morgan fingerprint density at radius 2 is 1.61 bits per heavy atom. The monoisotopic (exact) mass is 507 g/mol. The van der Waals surface area contributed by atoms with Gasteiger partial charge in [0, 0.05) is 25.0 Å². The lowest BCUT2D eigenvalue weighted by atomic mass is 10.1. The summed E-state index contributed by atoms with van der Waals surface area (Å²) >= 11 is 0. The molecule has 0 spiro atoms. The zero-order valence-corrected chi connectivity index (χ0v) is 21.7. The lowest BCUT2D eigenvalue weighted by molar-refractivity contribution is -0.0528. The zero-order valence-electron chi connectivity index (χ0n) is 20.7. The molecular formula is C27H31F2N5OSi. The first-order valence-corrected chi connectivity index (χ1v) is 14.1. The van der Waals surface area contributed by atoms with Crippen LogP contribution in [0.2, 0.25) is 5.04 Å². The van der Waals surface area contributed by atoms with Crippen molar-refractivity contribution in [3.63, 3.8) is 0 Å². The van der Waals surface area contributed by atoms with Gasteiger partial charge >= 0.3 is 0 Å². The standard InChI is InChI=1S/C27H31F2N5OSi/c1-26(2,3)36(21-10-6-4-7-11-21,22-12-8-5-9-13-22)35-16-19-14-20(15-27(19,28)29)34-18-33-23-24(30)31-17-32-25(23)34/h4-13,17-20H,14-16H2,1-3H3,(H2,30,31,32)/t19-,20-/m0/s1. The van der Waals surface area contributed by atoms with Crippen LogP contribution in [-0.2, 0) is 4.43 Å². The van der Waals surface area contributed by atoms with Crippen LogP contribution in [0.3, 0.4) is 0 Å². The molecule has 0 radical (unpaired) electrons. The fourth-order valence-electron chi connectivity index (χ4n) is 5.59. The number of benzene rings is 2. The molecule has 1 aliphatic rings. The largest absolute Gasteiger partial charge is 0.407 e. The van der Waals surface area contributed by atoms with E-state index in [4.69, 9.17) is 10.2 Å². The van der Waals surface area contributed by atoms with Gasteiger partial charge in [-0.2, -0.15) is 0 Å². The zero-order chi connectivity index (χ0) is 25.6. The van der Waals surface area contributed by atoms with Gasteiger partial charge in [-0.1, -0.05) is 81.4 Å². The van der Waals surface area contributed by atoms with Crippen molar-refractivity contribution >= 4 is 35.7 Å². The average Bonchev–Trinajstić information content (AvgIpc) is 3.41. The number of nitrogens with zero attached hydrogens (tertiary/aromatic N) is 4. The van der Waals surface area contributed by atoms with Crippen LogP contribution < -0.4 is 16.1 Å². The number of alkyl halides is 2. The van der Waals surface area contributed by atoms with Crippen LogP contribution in [0, 0.1) is 5.92 Å².